The lowest BCUT2D eigenvalue weighted by molar-refractivity contribution is 0.168. The molecule has 122 valence electrons. The average molecular weight is 293 g/mol. The zero-order valence-electron chi connectivity index (χ0n) is 15.0. The summed E-state index contributed by atoms with van der Waals surface area (Å²) in [6.07, 6.45) is 4.82. The Morgan fingerprint density at radius 2 is 1.90 bits per heavy atom. The van der Waals surface area contributed by atoms with Gasteiger partial charge in [0.05, 0.1) is 6.07 Å². The van der Waals surface area contributed by atoms with Gasteiger partial charge in [-0.25, -0.2) is 0 Å². The smallest absolute Gasteiger partial charge is 0.105 e. The second-order valence-electron chi connectivity index (χ2n) is 8.06. The number of nitriles is 1. The van der Waals surface area contributed by atoms with E-state index in [4.69, 9.17) is 0 Å². The molecule has 0 spiro atoms. The maximum atomic E-state index is 9.44. The van der Waals surface area contributed by atoms with E-state index >= 15 is 0 Å². The van der Waals surface area contributed by atoms with Crippen LogP contribution in [0.25, 0.3) is 0 Å². The van der Waals surface area contributed by atoms with Gasteiger partial charge in [-0.1, -0.05) is 27.7 Å². The van der Waals surface area contributed by atoms with Gasteiger partial charge in [-0.05, 0) is 70.5 Å². The van der Waals surface area contributed by atoms with Gasteiger partial charge in [0.15, 0.2) is 0 Å². The molecule has 0 aliphatic carbocycles. The molecule has 1 aliphatic rings. The minimum atomic E-state index is -0.399. The Kier molecular flexibility index (Phi) is 6.69. The van der Waals surface area contributed by atoms with Gasteiger partial charge < -0.3 is 4.90 Å². The second kappa shape index (κ2) is 7.61. The van der Waals surface area contributed by atoms with Crippen molar-refractivity contribution in [2.45, 2.75) is 78.8 Å². The van der Waals surface area contributed by atoms with E-state index in [9.17, 15) is 5.26 Å². The summed E-state index contributed by atoms with van der Waals surface area (Å²) >= 11 is 0. The number of likely N-dealkylation sites (tertiary alicyclic amines) is 1. The zero-order chi connectivity index (χ0) is 16.1. The van der Waals surface area contributed by atoms with Crippen LogP contribution in [0.15, 0.2) is 0 Å². The van der Waals surface area contributed by atoms with Gasteiger partial charge in [0.2, 0.25) is 0 Å². The molecular formula is C18H35N3. The third-order valence-electron chi connectivity index (χ3n) is 5.13. The van der Waals surface area contributed by atoms with Gasteiger partial charge in [0.1, 0.15) is 5.54 Å². The van der Waals surface area contributed by atoms with Crippen LogP contribution >= 0.6 is 0 Å². The third kappa shape index (κ3) is 5.60. The summed E-state index contributed by atoms with van der Waals surface area (Å²) < 4.78 is 0. The summed E-state index contributed by atoms with van der Waals surface area (Å²) in [7, 11) is 0. The van der Waals surface area contributed by atoms with Crippen molar-refractivity contribution in [2.75, 3.05) is 19.6 Å². The molecule has 0 saturated carbocycles. The summed E-state index contributed by atoms with van der Waals surface area (Å²) in [5.41, 5.74) is 0.0219. The molecule has 1 heterocycles. The largest absolute Gasteiger partial charge is 0.301 e. The Hall–Kier alpha value is -0.590. The van der Waals surface area contributed by atoms with Gasteiger partial charge in [-0.15, -0.1) is 0 Å². The first-order chi connectivity index (χ1) is 9.72. The molecule has 3 unspecified atom stereocenters. The maximum absolute atomic E-state index is 9.44. The fourth-order valence-corrected chi connectivity index (χ4v) is 3.69. The van der Waals surface area contributed by atoms with Crippen molar-refractivity contribution in [2.24, 2.45) is 11.3 Å². The molecule has 0 amide bonds. The summed E-state index contributed by atoms with van der Waals surface area (Å²) in [6, 6.07) is 2.93. The van der Waals surface area contributed by atoms with E-state index in [0.717, 1.165) is 18.9 Å². The van der Waals surface area contributed by atoms with Crippen molar-refractivity contribution in [3.05, 3.63) is 0 Å². The van der Waals surface area contributed by atoms with Crippen LogP contribution in [0.3, 0.4) is 0 Å². The van der Waals surface area contributed by atoms with Crippen LogP contribution < -0.4 is 5.32 Å². The topological polar surface area (TPSA) is 39.1 Å². The van der Waals surface area contributed by atoms with Crippen molar-refractivity contribution in [1.29, 1.82) is 5.26 Å². The standard InChI is InChI=1S/C18H35N3/c1-7-20-18(6,14-19)13-15(2)21-11-8-9-16(10-12-21)17(3,4)5/h15-16,20H,7-13H2,1-6H3. The molecule has 1 fully saturated rings. The van der Waals surface area contributed by atoms with Crippen LogP contribution in [0.2, 0.25) is 0 Å². The Morgan fingerprint density at radius 1 is 1.24 bits per heavy atom. The van der Waals surface area contributed by atoms with E-state index in [-0.39, 0.29) is 0 Å². The molecule has 0 aromatic rings. The molecule has 1 aliphatic heterocycles. The summed E-state index contributed by atoms with van der Waals surface area (Å²) in [5, 5.41) is 12.8. The Balaban J connectivity index is 2.60. The van der Waals surface area contributed by atoms with E-state index in [1.54, 1.807) is 0 Å². The second-order valence-corrected chi connectivity index (χ2v) is 8.06. The minimum Gasteiger partial charge on any atom is -0.301 e. The number of hydrogen-bond acceptors (Lipinski definition) is 3. The summed E-state index contributed by atoms with van der Waals surface area (Å²) in [4.78, 5) is 2.60. The van der Waals surface area contributed by atoms with Gasteiger partial charge in [0, 0.05) is 6.04 Å². The molecule has 0 aromatic carbocycles. The van der Waals surface area contributed by atoms with Crippen molar-refractivity contribution in [3.8, 4) is 6.07 Å². The van der Waals surface area contributed by atoms with Crippen LogP contribution in [0, 0.1) is 22.7 Å². The van der Waals surface area contributed by atoms with Crippen molar-refractivity contribution < 1.29 is 0 Å². The van der Waals surface area contributed by atoms with Crippen LogP contribution in [0.4, 0.5) is 0 Å². The Bertz CT molecular complexity index is 352. The Labute approximate surface area is 132 Å². The molecule has 3 nitrogen and oxygen atoms in total. The van der Waals surface area contributed by atoms with E-state index in [2.05, 4.69) is 50.9 Å². The predicted octanol–water partition coefficient (Wildman–Crippen LogP) is 3.80. The van der Waals surface area contributed by atoms with E-state index in [1.165, 1.54) is 32.4 Å². The van der Waals surface area contributed by atoms with Gasteiger partial charge in [-0.2, -0.15) is 5.26 Å². The highest BCUT2D eigenvalue weighted by Crippen LogP contribution is 2.35. The summed E-state index contributed by atoms with van der Waals surface area (Å²) in [6.45, 7) is 16.7. The molecule has 3 heteroatoms. The normalized spacial score (nSPS) is 25.7. The molecule has 1 rings (SSSR count). The number of nitrogens with one attached hydrogen (secondary N) is 1. The molecule has 3 atom stereocenters. The van der Waals surface area contributed by atoms with Crippen LogP contribution in [-0.2, 0) is 0 Å². The third-order valence-corrected chi connectivity index (χ3v) is 5.13. The van der Waals surface area contributed by atoms with E-state index in [0.29, 0.717) is 11.5 Å². The quantitative estimate of drug-likeness (QED) is 0.838. The average Bonchev–Trinajstić information content (AvgIpc) is 2.64. The number of nitrogens with zero attached hydrogens (tertiary/aromatic N) is 2. The monoisotopic (exact) mass is 293 g/mol. The molecule has 0 bridgehead atoms. The highest BCUT2D eigenvalue weighted by Gasteiger charge is 2.31. The van der Waals surface area contributed by atoms with Crippen LogP contribution in [0.5, 0.6) is 0 Å². The fourth-order valence-electron chi connectivity index (χ4n) is 3.69. The fraction of sp³-hybridized carbons (Fsp3) is 0.944. The maximum Gasteiger partial charge on any atom is 0.105 e. The number of rotatable bonds is 5. The Morgan fingerprint density at radius 3 is 2.43 bits per heavy atom. The van der Waals surface area contributed by atoms with Gasteiger partial charge >= 0.3 is 0 Å². The number of hydrogen-bond donors (Lipinski definition) is 1. The van der Waals surface area contributed by atoms with Gasteiger partial charge in [0.25, 0.3) is 0 Å². The van der Waals surface area contributed by atoms with Gasteiger partial charge in [-0.3, -0.25) is 5.32 Å². The lowest BCUT2D eigenvalue weighted by atomic mass is 9.77. The lowest BCUT2D eigenvalue weighted by Gasteiger charge is -2.34. The minimum absolute atomic E-state index is 0.399. The predicted molar refractivity (Wildman–Crippen MR) is 90.1 cm³/mol. The molecule has 21 heavy (non-hydrogen) atoms. The van der Waals surface area contributed by atoms with Crippen molar-refractivity contribution in [3.63, 3.8) is 0 Å². The van der Waals surface area contributed by atoms with E-state index < -0.39 is 5.54 Å². The first kappa shape index (κ1) is 18.5. The first-order valence-electron chi connectivity index (χ1n) is 8.62. The highest BCUT2D eigenvalue weighted by molar-refractivity contribution is 5.05. The molecule has 0 radical (unpaired) electrons. The zero-order valence-corrected chi connectivity index (χ0v) is 15.0. The SMILES string of the molecule is CCNC(C)(C#N)CC(C)N1CCCC(C(C)(C)C)CC1. The lowest BCUT2D eigenvalue weighted by Crippen LogP contribution is -2.47. The summed E-state index contributed by atoms with van der Waals surface area (Å²) in [5.74, 6) is 0.825. The van der Waals surface area contributed by atoms with Crippen molar-refractivity contribution in [1.82, 2.24) is 10.2 Å². The molecule has 0 aromatic heterocycles. The molecule has 1 saturated heterocycles. The highest BCUT2D eigenvalue weighted by atomic mass is 15.2. The molecular weight excluding hydrogens is 258 g/mol. The first-order valence-corrected chi connectivity index (χ1v) is 8.62. The van der Waals surface area contributed by atoms with Crippen LogP contribution in [-0.4, -0.2) is 36.1 Å². The van der Waals surface area contributed by atoms with E-state index in [1.807, 2.05) is 6.92 Å². The van der Waals surface area contributed by atoms with Crippen LogP contribution in [0.1, 0.15) is 67.2 Å². The van der Waals surface area contributed by atoms with Crippen molar-refractivity contribution >= 4 is 0 Å². The molecule has 1 N–H and O–H groups in total.